The van der Waals surface area contributed by atoms with Gasteiger partial charge in [-0.15, -0.1) is 23.1 Å². The zero-order chi connectivity index (χ0) is 15.9. The number of carbonyl (C=O) groups excluding carboxylic acids is 1. The van der Waals surface area contributed by atoms with Crippen molar-refractivity contribution in [2.24, 2.45) is 0 Å². The van der Waals surface area contributed by atoms with Crippen molar-refractivity contribution in [3.63, 3.8) is 0 Å². The number of thiophene rings is 1. The molecule has 8 heteroatoms. The number of rotatable bonds is 2. The van der Waals surface area contributed by atoms with Crippen molar-refractivity contribution >= 4 is 84.1 Å². The van der Waals surface area contributed by atoms with Crippen LogP contribution in [0.1, 0.15) is 20.6 Å². The molecule has 0 bridgehead atoms. The van der Waals surface area contributed by atoms with E-state index in [4.69, 9.17) is 23.2 Å². The molecule has 1 saturated heterocycles. The summed E-state index contributed by atoms with van der Waals surface area (Å²) in [7, 11) is 0. The quantitative estimate of drug-likeness (QED) is 0.470. The summed E-state index contributed by atoms with van der Waals surface area (Å²) in [5.41, 5.74) is 1.000. The van der Waals surface area contributed by atoms with Gasteiger partial charge in [-0.1, -0.05) is 29.3 Å². The predicted molar refractivity (Wildman–Crippen MR) is 102 cm³/mol. The van der Waals surface area contributed by atoms with E-state index in [-0.39, 0.29) is 11.3 Å². The third kappa shape index (κ3) is 3.37. The lowest BCUT2D eigenvalue weighted by atomic mass is 10.2. The van der Waals surface area contributed by atoms with E-state index in [9.17, 15) is 4.79 Å². The Morgan fingerprint density at radius 2 is 2.00 bits per heavy atom. The maximum Gasteiger partial charge on any atom is 0.265 e. The molecular weight excluding hydrogens is 493 g/mol. The SMILES string of the molecule is O=C(c1cc(Br)c(Br)s1)N1CCSC1c1ccc(Cl)c(Cl)c1. The van der Waals surface area contributed by atoms with E-state index < -0.39 is 0 Å². The zero-order valence-corrected chi connectivity index (χ0v) is 17.3. The monoisotopic (exact) mass is 499 g/mol. The highest BCUT2D eigenvalue weighted by Gasteiger charge is 2.32. The molecule has 1 unspecified atom stereocenters. The summed E-state index contributed by atoms with van der Waals surface area (Å²) >= 11 is 22.1. The van der Waals surface area contributed by atoms with Crippen LogP contribution < -0.4 is 0 Å². The summed E-state index contributed by atoms with van der Waals surface area (Å²) in [4.78, 5) is 15.4. The maximum absolute atomic E-state index is 12.8. The van der Waals surface area contributed by atoms with Crippen LogP contribution in [0.3, 0.4) is 0 Å². The van der Waals surface area contributed by atoms with Gasteiger partial charge < -0.3 is 4.90 Å². The van der Waals surface area contributed by atoms with Crippen LogP contribution in [0.15, 0.2) is 32.5 Å². The molecule has 1 aliphatic rings. The fourth-order valence-electron chi connectivity index (χ4n) is 2.21. The van der Waals surface area contributed by atoms with Crippen LogP contribution in [-0.4, -0.2) is 23.1 Å². The first-order valence-electron chi connectivity index (χ1n) is 6.29. The van der Waals surface area contributed by atoms with Gasteiger partial charge in [0.2, 0.25) is 0 Å². The van der Waals surface area contributed by atoms with Gasteiger partial charge in [-0.3, -0.25) is 4.79 Å². The van der Waals surface area contributed by atoms with E-state index in [1.165, 1.54) is 11.3 Å². The minimum absolute atomic E-state index is 0.0260. The number of amides is 1. The summed E-state index contributed by atoms with van der Waals surface area (Å²) in [5, 5.41) is 1.01. The predicted octanol–water partition coefficient (Wildman–Crippen LogP) is 6.47. The highest BCUT2D eigenvalue weighted by atomic mass is 79.9. The van der Waals surface area contributed by atoms with E-state index in [2.05, 4.69) is 31.9 Å². The van der Waals surface area contributed by atoms with Crippen molar-refractivity contribution in [1.82, 2.24) is 4.90 Å². The molecule has 0 saturated carbocycles. The van der Waals surface area contributed by atoms with E-state index in [0.717, 1.165) is 26.1 Å². The van der Waals surface area contributed by atoms with E-state index in [1.54, 1.807) is 17.8 Å². The van der Waals surface area contributed by atoms with Crippen LogP contribution in [0.2, 0.25) is 10.0 Å². The molecule has 1 aromatic carbocycles. The molecule has 0 N–H and O–H groups in total. The molecule has 22 heavy (non-hydrogen) atoms. The van der Waals surface area contributed by atoms with E-state index in [0.29, 0.717) is 14.9 Å². The van der Waals surface area contributed by atoms with Gasteiger partial charge in [0.15, 0.2) is 0 Å². The number of halogens is 4. The summed E-state index contributed by atoms with van der Waals surface area (Å²) in [6, 6.07) is 7.40. The fraction of sp³-hybridized carbons (Fsp3) is 0.214. The first kappa shape index (κ1) is 17.1. The number of benzene rings is 1. The number of hydrogen-bond donors (Lipinski definition) is 0. The van der Waals surface area contributed by atoms with Crippen molar-refractivity contribution < 1.29 is 4.79 Å². The molecule has 2 heterocycles. The second-order valence-corrected chi connectivity index (χ2v) is 9.85. The van der Waals surface area contributed by atoms with E-state index >= 15 is 0 Å². The lowest BCUT2D eigenvalue weighted by molar-refractivity contribution is 0.0765. The highest BCUT2D eigenvalue weighted by molar-refractivity contribution is 9.13. The smallest absolute Gasteiger partial charge is 0.265 e. The van der Waals surface area contributed by atoms with Gasteiger partial charge in [-0.2, -0.15) is 0 Å². The van der Waals surface area contributed by atoms with Gasteiger partial charge in [-0.25, -0.2) is 0 Å². The molecular formula is C14H9Br2Cl2NOS2. The van der Waals surface area contributed by atoms with Gasteiger partial charge in [0, 0.05) is 16.8 Å². The van der Waals surface area contributed by atoms with Crippen molar-refractivity contribution in [3.8, 4) is 0 Å². The molecule has 1 amide bonds. The first-order valence-corrected chi connectivity index (χ1v) is 10.5. The average molecular weight is 502 g/mol. The topological polar surface area (TPSA) is 20.3 Å². The van der Waals surface area contributed by atoms with Crippen molar-refractivity contribution in [2.75, 3.05) is 12.3 Å². The molecule has 2 aromatic rings. The minimum Gasteiger partial charge on any atom is -0.321 e. The van der Waals surface area contributed by atoms with Crippen LogP contribution in [-0.2, 0) is 0 Å². The Morgan fingerprint density at radius 3 is 2.64 bits per heavy atom. The zero-order valence-electron chi connectivity index (χ0n) is 11.0. The van der Waals surface area contributed by atoms with Crippen LogP contribution in [0.5, 0.6) is 0 Å². The molecule has 2 nitrogen and oxygen atoms in total. The Morgan fingerprint density at radius 1 is 1.23 bits per heavy atom. The summed E-state index contributed by atoms with van der Waals surface area (Å²) in [6.07, 6.45) is 0. The Balaban J connectivity index is 1.89. The summed E-state index contributed by atoms with van der Waals surface area (Å²) in [5.74, 6) is 0.946. The lowest BCUT2D eigenvalue weighted by Gasteiger charge is -2.23. The fourth-order valence-corrected chi connectivity index (χ4v) is 5.76. The van der Waals surface area contributed by atoms with Gasteiger partial charge >= 0.3 is 0 Å². The Kier molecular flexibility index (Phi) is 5.47. The molecule has 3 rings (SSSR count). The van der Waals surface area contributed by atoms with Gasteiger partial charge in [0.1, 0.15) is 5.37 Å². The number of thioether (sulfide) groups is 1. The molecule has 116 valence electrons. The molecule has 0 radical (unpaired) electrons. The number of hydrogen-bond acceptors (Lipinski definition) is 3. The third-order valence-electron chi connectivity index (χ3n) is 3.24. The van der Waals surface area contributed by atoms with Gasteiger partial charge in [0.25, 0.3) is 5.91 Å². The number of nitrogens with zero attached hydrogens (tertiary/aromatic N) is 1. The Bertz CT molecular complexity index is 718. The van der Waals surface area contributed by atoms with Gasteiger partial charge in [-0.05, 0) is 55.6 Å². The third-order valence-corrected chi connectivity index (χ3v) is 8.48. The molecule has 1 aliphatic heterocycles. The van der Waals surface area contributed by atoms with Crippen LogP contribution >= 0.6 is 78.2 Å². The summed E-state index contributed by atoms with van der Waals surface area (Å²) in [6.45, 7) is 0.724. The van der Waals surface area contributed by atoms with Crippen LogP contribution in [0, 0.1) is 0 Å². The average Bonchev–Trinajstić information content (AvgIpc) is 3.09. The normalized spacial score (nSPS) is 18.0. The largest absolute Gasteiger partial charge is 0.321 e. The van der Waals surface area contributed by atoms with Crippen molar-refractivity contribution in [2.45, 2.75) is 5.37 Å². The Hall–Kier alpha value is 0.280. The molecule has 0 aliphatic carbocycles. The second kappa shape index (κ2) is 7.03. The lowest BCUT2D eigenvalue weighted by Crippen LogP contribution is -2.29. The van der Waals surface area contributed by atoms with Crippen LogP contribution in [0.25, 0.3) is 0 Å². The van der Waals surface area contributed by atoms with Crippen molar-refractivity contribution in [3.05, 3.63) is 53.0 Å². The molecule has 1 fully saturated rings. The molecule has 1 atom stereocenters. The second-order valence-electron chi connectivity index (χ2n) is 4.63. The molecule has 0 spiro atoms. The minimum atomic E-state index is -0.0260. The first-order chi connectivity index (χ1) is 10.5. The van der Waals surface area contributed by atoms with Crippen molar-refractivity contribution in [1.29, 1.82) is 0 Å². The van der Waals surface area contributed by atoms with E-state index in [1.807, 2.05) is 23.1 Å². The van der Waals surface area contributed by atoms with Gasteiger partial charge in [0.05, 0.1) is 18.7 Å². The Labute approximate surface area is 163 Å². The highest BCUT2D eigenvalue weighted by Crippen LogP contribution is 2.42. The summed E-state index contributed by atoms with van der Waals surface area (Å²) < 4.78 is 1.83. The molecule has 1 aromatic heterocycles. The van der Waals surface area contributed by atoms with Crippen LogP contribution in [0.4, 0.5) is 0 Å². The standard InChI is InChI=1S/C14H9Br2Cl2NOS2/c15-8-6-11(22-12(8)16)13(20)19-3-4-21-14(19)7-1-2-9(17)10(18)5-7/h1-2,5-6,14H,3-4H2. The maximum atomic E-state index is 12.8. The number of carbonyl (C=O) groups is 1.